The van der Waals surface area contributed by atoms with Crippen LogP contribution in [0.15, 0.2) is 66.7 Å². The monoisotopic (exact) mass is 306 g/mol. The molecule has 3 aromatic rings. The van der Waals surface area contributed by atoms with Gasteiger partial charge >= 0.3 is 0 Å². The minimum Gasteiger partial charge on any atom is -0.457 e. The highest BCUT2D eigenvalue weighted by molar-refractivity contribution is 6.03. The highest BCUT2D eigenvalue weighted by Gasteiger charge is 2.08. The van der Waals surface area contributed by atoms with Crippen LogP contribution in [0.4, 0.5) is 5.69 Å². The number of H-pyrrole nitrogens is 1. The predicted molar refractivity (Wildman–Crippen MR) is 87.1 cm³/mol. The number of hydrogen-bond donors (Lipinski definition) is 2. The number of carbonyl (C=O) groups is 2. The van der Waals surface area contributed by atoms with E-state index >= 15 is 0 Å². The van der Waals surface area contributed by atoms with Crippen LogP contribution in [-0.4, -0.2) is 17.2 Å². The number of rotatable bonds is 5. The third-order valence-corrected chi connectivity index (χ3v) is 3.17. The summed E-state index contributed by atoms with van der Waals surface area (Å²) in [6.45, 7) is 0. The minimum absolute atomic E-state index is 0.310. The molecule has 3 rings (SSSR count). The summed E-state index contributed by atoms with van der Waals surface area (Å²) < 4.78 is 5.68. The second-order valence-electron chi connectivity index (χ2n) is 4.84. The van der Waals surface area contributed by atoms with Crippen LogP contribution in [0.2, 0.25) is 0 Å². The average molecular weight is 306 g/mol. The maximum absolute atomic E-state index is 12.0. The third kappa shape index (κ3) is 3.65. The number of hydrogen-bond acceptors (Lipinski definition) is 3. The fourth-order valence-corrected chi connectivity index (χ4v) is 2.04. The molecule has 1 aromatic heterocycles. The fourth-order valence-electron chi connectivity index (χ4n) is 2.04. The summed E-state index contributed by atoms with van der Waals surface area (Å²) in [5.74, 6) is 1.12. The second-order valence-corrected chi connectivity index (χ2v) is 4.84. The number of carbonyl (C=O) groups excluding carboxylic acids is 2. The Hall–Kier alpha value is -3.34. The van der Waals surface area contributed by atoms with Crippen LogP contribution in [0.1, 0.15) is 21.0 Å². The van der Waals surface area contributed by atoms with Gasteiger partial charge < -0.3 is 15.0 Å². The van der Waals surface area contributed by atoms with E-state index in [1.54, 1.807) is 36.4 Å². The quantitative estimate of drug-likeness (QED) is 0.703. The Morgan fingerprint density at radius 1 is 0.913 bits per heavy atom. The van der Waals surface area contributed by atoms with Crippen molar-refractivity contribution in [2.24, 2.45) is 0 Å². The molecule has 23 heavy (non-hydrogen) atoms. The van der Waals surface area contributed by atoms with Gasteiger partial charge in [0.2, 0.25) is 0 Å². The molecule has 0 spiro atoms. The van der Waals surface area contributed by atoms with E-state index in [0.717, 1.165) is 5.75 Å². The third-order valence-electron chi connectivity index (χ3n) is 3.17. The summed E-state index contributed by atoms with van der Waals surface area (Å²) in [6, 6.07) is 19.6. The first kappa shape index (κ1) is 14.6. The van der Waals surface area contributed by atoms with E-state index in [2.05, 4.69) is 10.3 Å². The van der Waals surface area contributed by atoms with Crippen molar-refractivity contribution in [3.63, 3.8) is 0 Å². The van der Waals surface area contributed by atoms with Crippen LogP contribution in [-0.2, 0) is 0 Å². The van der Waals surface area contributed by atoms with Crippen molar-refractivity contribution in [2.45, 2.75) is 0 Å². The van der Waals surface area contributed by atoms with Crippen molar-refractivity contribution >= 4 is 17.9 Å². The highest BCUT2D eigenvalue weighted by atomic mass is 16.5. The molecule has 0 aliphatic heterocycles. The maximum Gasteiger partial charge on any atom is 0.272 e. The molecule has 5 heteroatoms. The SMILES string of the molecule is O=Cc1ccc(C(=O)Nc2ccc(Oc3ccccc3)cc2)[nH]1. The van der Waals surface area contributed by atoms with Gasteiger partial charge in [-0.2, -0.15) is 0 Å². The summed E-state index contributed by atoms with van der Waals surface area (Å²) in [5, 5.41) is 2.75. The van der Waals surface area contributed by atoms with Crippen LogP contribution in [0.3, 0.4) is 0 Å². The standard InChI is InChI=1S/C18H14N2O3/c21-12-14-8-11-17(19-14)18(22)20-13-6-9-16(10-7-13)23-15-4-2-1-3-5-15/h1-12,19H,(H,20,22). The molecule has 0 aliphatic carbocycles. The van der Waals surface area contributed by atoms with Crippen molar-refractivity contribution in [1.29, 1.82) is 0 Å². The number of aromatic nitrogens is 1. The molecule has 1 amide bonds. The maximum atomic E-state index is 12.0. The summed E-state index contributed by atoms with van der Waals surface area (Å²) in [5.41, 5.74) is 1.33. The normalized spacial score (nSPS) is 10.1. The van der Waals surface area contributed by atoms with Crippen LogP contribution in [0, 0.1) is 0 Å². The van der Waals surface area contributed by atoms with Gasteiger partial charge in [-0.25, -0.2) is 0 Å². The van der Waals surface area contributed by atoms with E-state index < -0.39 is 0 Å². The number of amides is 1. The molecule has 0 saturated heterocycles. The van der Waals surface area contributed by atoms with Crippen molar-refractivity contribution in [3.8, 4) is 11.5 Å². The first-order valence-corrected chi connectivity index (χ1v) is 7.03. The van der Waals surface area contributed by atoms with Gasteiger partial charge in [0.15, 0.2) is 6.29 Å². The first-order chi connectivity index (χ1) is 11.2. The van der Waals surface area contributed by atoms with Gasteiger partial charge in [0, 0.05) is 5.69 Å². The molecule has 0 atom stereocenters. The molecular formula is C18H14N2O3. The van der Waals surface area contributed by atoms with E-state index in [9.17, 15) is 9.59 Å². The van der Waals surface area contributed by atoms with Gasteiger partial charge in [-0.1, -0.05) is 18.2 Å². The lowest BCUT2D eigenvalue weighted by Gasteiger charge is -2.07. The lowest BCUT2D eigenvalue weighted by atomic mass is 10.3. The van der Waals surface area contributed by atoms with Crippen LogP contribution < -0.4 is 10.1 Å². The Labute approximate surface area is 132 Å². The van der Waals surface area contributed by atoms with E-state index in [-0.39, 0.29) is 5.91 Å². The Kier molecular flexibility index (Phi) is 4.20. The first-order valence-electron chi connectivity index (χ1n) is 7.03. The Morgan fingerprint density at radius 3 is 2.26 bits per heavy atom. The van der Waals surface area contributed by atoms with Gasteiger partial charge in [-0.3, -0.25) is 9.59 Å². The van der Waals surface area contributed by atoms with E-state index in [1.165, 1.54) is 0 Å². The van der Waals surface area contributed by atoms with E-state index in [1.807, 2.05) is 30.3 Å². The molecular weight excluding hydrogens is 292 g/mol. The van der Waals surface area contributed by atoms with Crippen molar-refractivity contribution < 1.29 is 14.3 Å². The number of benzene rings is 2. The minimum atomic E-state index is -0.310. The second kappa shape index (κ2) is 6.62. The molecule has 0 saturated carbocycles. The lowest BCUT2D eigenvalue weighted by molar-refractivity contribution is 0.102. The number of aldehydes is 1. The zero-order chi connectivity index (χ0) is 16.1. The smallest absolute Gasteiger partial charge is 0.272 e. The fraction of sp³-hybridized carbons (Fsp3) is 0. The number of ether oxygens (including phenoxy) is 1. The number of nitrogens with one attached hydrogen (secondary N) is 2. The number of aromatic amines is 1. The van der Waals surface area contributed by atoms with Crippen molar-refractivity contribution in [1.82, 2.24) is 4.98 Å². The van der Waals surface area contributed by atoms with E-state index in [0.29, 0.717) is 29.1 Å². The molecule has 0 bridgehead atoms. The molecule has 5 nitrogen and oxygen atoms in total. The molecule has 0 unspecified atom stereocenters. The Bertz CT molecular complexity index is 808. The highest BCUT2D eigenvalue weighted by Crippen LogP contribution is 2.22. The lowest BCUT2D eigenvalue weighted by Crippen LogP contribution is -2.12. The summed E-state index contributed by atoms with van der Waals surface area (Å²) in [4.78, 5) is 25.4. The zero-order valence-corrected chi connectivity index (χ0v) is 12.2. The molecule has 2 N–H and O–H groups in total. The van der Waals surface area contributed by atoms with E-state index in [4.69, 9.17) is 4.74 Å². The molecule has 1 heterocycles. The average Bonchev–Trinajstić information content (AvgIpc) is 3.07. The summed E-state index contributed by atoms with van der Waals surface area (Å²) in [7, 11) is 0. The zero-order valence-electron chi connectivity index (χ0n) is 12.2. The van der Waals surface area contributed by atoms with Crippen molar-refractivity contribution in [2.75, 3.05) is 5.32 Å². The number of para-hydroxylation sites is 1. The summed E-state index contributed by atoms with van der Waals surface area (Å²) in [6.07, 6.45) is 0.659. The predicted octanol–water partition coefficient (Wildman–Crippen LogP) is 3.87. The Balaban J connectivity index is 1.65. The molecule has 0 aliphatic rings. The van der Waals surface area contributed by atoms with Gasteiger partial charge in [0.25, 0.3) is 5.91 Å². The van der Waals surface area contributed by atoms with Crippen LogP contribution in [0.25, 0.3) is 0 Å². The van der Waals surface area contributed by atoms with Crippen molar-refractivity contribution in [3.05, 3.63) is 78.1 Å². The van der Waals surface area contributed by atoms with Crippen LogP contribution >= 0.6 is 0 Å². The Morgan fingerprint density at radius 2 is 1.61 bits per heavy atom. The molecule has 2 aromatic carbocycles. The van der Waals surface area contributed by atoms with Gasteiger partial charge in [0.1, 0.15) is 17.2 Å². The molecule has 114 valence electrons. The van der Waals surface area contributed by atoms with Gasteiger partial charge in [-0.15, -0.1) is 0 Å². The number of anilines is 1. The largest absolute Gasteiger partial charge is 0.457 e. The van der Waals surface area contributed by atoms with Gasteiger partial charge in [-0.05, 0) is 48.5 Å². The van der Waals surface area contributed by atoms with Gasteiger partial charge in [0.05, 0.1) is 5.69 Å². The van der Waals surface area contributed by atoms with Crippen LogP contribution in [0.5, 0.6) is 11.5 Å². The molecule has 0 radical (unpaired) electrons. The topological polar surface area (TPSA) is 71.2 Å². The summed E-state index contributed by atoms with van der Waals surface area (Å²) >= 11 is 0. The molecule has 0 fully saturated rings.